The number of carbonyl (C=O) groups is 1. The monoisotopic (exact) mass is 279 g/mol. The Hall–Kier alpha value is -2.18. The molecule has 1 aromatic rings. The van der Waals surface area contributed by atoms with E-state index in [2.05, 4.69) is 10.3 Å². The first-order chi connectivity index (χ1) is 9.60. The maximum Gasteiger partial charge on any atom is 0.309 e. The van der Waals surface area contributed by atoms with E-state index in [1.54, 1.807) is 6.07 Å². The summed E-state index contributed by atoms with van der Waals surface area (Å²) in [5.74, 6) is 0.483. The van der Waals surface area contributed by atoms with Gasteiger partial charge in [-0.15, -0.1) is 0 Å². The van der Waals surface area contributed by atoms with Gasteiger partial charge in [0.05, 0.1) is 16.9 Å². The van der Waals surface area contributed by atoms with Crippen LogP contribution in [0.25, 0.3) is 0 Å². The summed E-state index contributed by atoms with van der Waals surface area (Å²) in [5.41, 5.74) is -0.0521. The minimum absolute atomic E-state index is 0.0494. The SMILES string of the molecule is CCC(COC(=O)C1CC1)Nc1ccc([N+](=O)[O-])cn1. The van der Waals surface area contributed by atoms with Gasteiger partial charge in [0.1, 0.15) is 18.6 Å². The Morgan fingerprint density at radius 1 is 1.60 bits per heavy atom. The number of nitro groups is 1. The third kappa shape index (κ3) is 3.91. The molecule has 0 saturated heterocycles. The topological polar surface area (TPSA) is 94.4 Å². The van der Waals surface area contributed by atoms with Crippen molar-refractivity contribution < 1.29 is 14.5 Å². The van der Waals surface area contributed by atoms with E-state index >= 15 is 0 Å². The third-order valence-corrected chi connectivity index (χ3v) is 3.14. The van der Waals surface area contributed by atoms with Gasteiger partial charge in [0, 0.05) is 6.07 Å². The zero-order valence-corrected chi connectivity index (χ0v) is 11.2. The molecule has 0 aromatic carbocycles. The Morgan fingerprint density at radius 2 is 2.35 bits per heavy atom. The maximum atomic E-state index is 11.5. The van der Waals surface area contributed by atoms with Crippen LogP contribution in [0.1, 0.15) is 26.2 Å². The van der Waals surface area contributed by atoms with Crippen LogP contribution in [0.5, 0.6) is 0 Å². The zero-order chi connectivity index (χ0) is 14.5. The molecule has 1 aliphatic rings. The first-order valence-corrected chi connectivity index (χ1v) is 6.63. The molecule has 0 amide bonds. The van der Waals surface area contributed by atoms with Crippen molar-refractivity contribution in [3.8, 4) is 0 Å². The summed E-state index contributed by atoms with van der Waals surface area (Å²) in [4.78, 5) is 25.5. The number of esters is 1. The average molecular weight is 279 g/mol. The molecule has 0 spiro atoms. The van der Waals surface area contributed by atoms with E-state index in [1.807, 2.05) is 6.92 Å². The summed E-state index contributed by atoms with van der Waals surface area (Å²) in [6.07, 6.45) is 3.81. The van der Waals surface area contributed by atoms with E-state index in [0.29, 0.717) is 5.82 Å². The van der Waals surface area contributed by atoms with Crippen LogP contribution in [0.15, 0.2) is 18.3 Å². The van der Waals surface area contributed by atoms with Crippen molar-refractivity contribution in [2.45, 2.75) is 32.2 Å². The van der Waals surface area contributed by atoms with Crippen LogP contribution in [0.4, 0.5) is 11.5 Å². The number of pyridine rings is 1. The van der Waals surface area contributed by atoms with Crippen LogP contribution in [-0.2, 0) is 9.53 Å². The summed E-state index contributed by atoms with van der Waals surface area (Å²) in [6, 6.07) is 2.88. The molecule has 1 aromatic heterocycles. The number of nitrogens with one attached hydrogen (secondary N) is 1. The van der Waals surface area contributed by atoms with Gasteiger partial charge in [-0.25, -0.2) is 4.98 Å². The van der Waals surface area contributed by atoms with Gasteiger partial charge < -0.3 is 10.1 Å². The molecule has 0 aliphatic heterocycles. The molecule has 1 fully saturated rings. The number of ether oxygens (including phenoxy) is 1. The fourth-order valence-electron chi connectivity index (χ4n) is 1.67. The van der Waals surface area contributed by atoms with Gasteiger partial charge in [-0.1, -0.05) is 6.92 Å². The second-order valence-corrected chi connectivity index (χ2v) is 4.81. The lowest BCUT2D eigenvalue weighted by Gasteiger charge is -2.17. The van der Waals surface area contributed by atoms with Gasteiger partial charge in [-0.2, -0.15) is 0 Å². The van der Waals surface area contributed by atoms with Crippen molar-refractivity contribution >= 4 is 17.5 Å². The molecule has 1 saturated carbocycles. The highest BCUT2D eigenvalue weighted by Crippen LogP contribution is 2.30. The number of rotatable bonds is 7. The van der Waals surface area contributed by atoms with Crippen molar-refractivity contribution in [1.82, 2.24) is 4.98 Å². The zero-order valence-electron chi connectivity index (χ0n) is 11.2. The average Bonchev–Trinajstić information content (AvgIpc) is 3.28. The molecular weight excluding hydrogens is 262 g/mol. The van der Waals surface area contributed by atoms with Crippen LogP contribution in [0.3, 0.4) is 0 Å². The first kappa shape index (κ1) is 14.2. The Kier molecular flexibility index (Phi) is 4.49. The fourth-order valence-corrected chi connectivity index (χ4v) is 1.67. The summed E-state index contributed by atoms with van der Waals surface area (Å²) < 4.78 is 5.22. The van der Waals surface area contributed by atoms with Crippen molar-refractivity contribution in [2.24, 2.45) is 5.92 Å². The second-order valence-electron chi connectivity index (χ2n) is 4.81. The third-order valence-electron chi connectivity index (χ3n) is 3.14. The molecule has 1 heterocycles. The summed E-state index contributed by atoms with van der Waals surface area (Å²) >= 11 is 0. The molecule has 1 unspecified atom stereocenters. The predicted molar refractivity (Wildman–Crippen MR) is 72.3 cm³/mol. The maximum absolute atomic E-state index is 11.5. The molecule has 1 atom stereocenters. The second kappa shape index (κ2) is 6.31. The predicted octanol–water partition coefficient (Wildman–Crippen LogP) is 2.13. The number of carbonyl (C=O) groups excluding carboxylic acids is 1. The van der Waals surface area contributed by atoms with Crippen LogP contribution < -0.4 is 5.32 Å². The molecule has 108 valence electrons. The van der Waals surface area contributed by atoms with Crippen LogP contribution >= 0.6 is 0 Å². The number of hydrogen-bond donors (Lipinski definition) is 1. The molecular formula is C13H17N3O4. The number of aromatic nitrogens is 1. The smallest absolute Gasteiger partial charge is 0.309 e. The van der Waals surface area contributed by atoms with Gasteiger partial charge in [0.25, 0.3) is 5.69 Å². The van der Waals surface area contributed by atoms with Gasteiger partial charge in [0.2, 0.25) is 0 Å². The standard InChI is InChI=1S/C13H17N3O4/c1-2-10(8-20-13(17)9-3-4-9)15-12-6-5-11(7-14-12)16(18)19/h5-7,9-10H,2-4,8H2,1H3,(H,14,15). The quantitative estimate of drug-likeness (QED) is 0.467. The summed E-state index contributed by atoms with van der Waals surface area (Å²) in [6.45, 7) is 2.25. The highest BCUT2D eigenvalue weighted by atomic mass is 16.6. The molecule has 2 rings (SSSR count). The number of anilines is 1. The van der Waals surface area contributed by atoms with Gasteiger partial charge in [-0.05, 0) is 25.3 Å². The minimum Gasteiger partial charge on any atom is -0.463 e. The highest BCUT2D eigenvalue weighted by molar-refractivity contribution is 5.74. The Balaban J connectivity index is 1.85. The van der Waals surface area contributed by atoms with Crippen molar-refractivity contribution in [2.75, 3.05) is 11.9 Å². The Labute approximate surface area is 116 Å². The van der Waals surface area contributed by atoms with Crippen LogP contribution in [0.2, 0.25) is 0 Å². The van der Waals surface area contributed by atoms with Crippen molar-refractivity contribution in [3.63, 3.8) is 0 Å². The lowest BCUT2D eigenvalue weighted by molar-refractivity contribution is -0.385. The number of nitrogens with zero attached hydrogens (tertiary/aromatic N) is 2. The molecule has 1 N–H and O–H groups in total. The van der Waals surface area contributed by atoms with E-state index < -0.39 is 4.92 Å². The van der Waals surface area contributed by atoms with Gasteiger partial charge in [-0.3, -0.25) is 14.9 Å². The van der Waals surface area contributed by atoms with E-state index in [-0.39, 0.29) is 30.2 Å². The lowest BCUT2D eigenvalue weighted by atomic mass is 10.2. The molecule has 1 aliphatic carbocycles. The Bertz CT molecular complexity index is 485. The highest BCUT2D eigenvalue weighted by Gasteiger charge is 2.31. The largest absolute Gasteiger partial charge is 0.463 e. The van der Waals surface area contributed by atoms with E-state index in [9.17, 15) is 14.9 Å². The molecule has 20 heavy (non-hydrogen) atoms. The van der Waals surface area contributed by atoms with Crippen molar-refractivity contribution in [1.29, 1.82) is 0 Å². The number of hydrogen-bond acceptors (Lipinski definition) is 6. The molecule has 7 heteroatoms. The molecule has 0 radical (unpaired) electrons. The Morgan fingerprint density at radius 3 is 2.85 bits per heavy atom. The molecule has 0 bridgehead atoms. The van der Waals surface area contributed by atoms with Gasteiger partial charge in [0.15, 0.2) is 0 Å². The summed E-state index contributed by atoms with van der Waals surface area (Å²) in [5, 5.41) is 13.6. The lowest BCUT2D eigenvalue weighted by Crippen LogP contribution is -2.27. The van der Waals surface area contributed by atoms with Crippen LogP contribution in [-0.4, -0.2) is 28.5 Å². The fraction of sp³-hybridized carbons (Fsp3) is 0.538. The van der Waals surface area contributed by atoms with E-state index in [4.69, 9.17) is 4.74 Å². The normalized spacial score (nSPS) is 15.4. The first-order valence-electron chi connectivity index (χ1n) is 6.63. The van der Waals surface area contributed by atoms with Crippen molar-refractivity contribution in [3.05, 3.63) is 28.4 Å². The van der Waals surface area contributed by atoms with Gasteiger partial charge >= 0.3 is 5.97 Å². The minimum atomic E-state index is -0.495. The van der Waals surface area contributed by atoms with Crippen LogP contribution in [0, 0.1) is 16.0 Å². The van der Waals surface area contributed by atoms with E-state index in [1.165, 1.54) is 12.3 Å². The summed E-state index contributed by atoms with van der Waals surface area (Å²) in [7, 11) is 0. The molecule has 7 nitrogen and oxygen atoms in total. The van der Waals surface area contributed by atoms with E-state index in [0.717, 1.165) is 19.3 Å².